The Bertz CT molecular complexity index is 446. The number of benzene rings is 1. The number of carboxylic acids is 1. The van der Waals surface area contributed by atoms with Gasteiger partial charge in [0.05, 0.1) is 11.8 Å². The van der Waals surface area contributed by atoms with Crippen molar-refractivity contribution in [2.45, 2.75) is 13.0 Å². The second-order valence-corrected chi connectivity index (χ2v) is 4.64. The van der Waals surface area contributed by atoms with Crippen molar-refractivity contribution >= 4 is 11.9 Å². The summed E-state index contributed by atoms with van der Waals surface area (Å²) in [7, 11) is 0. The van der Waals surface area contributed by atoms with E-state index in [1.807, 2.05) is 30.3 Å². The number of hydrogen-bond acceptors (Lipinski definition) is 4. The van der Waals surface area contributed by atoms with E-state index in [1.54, 1.807) is 0 Å². The van der Waals surface area contributed by atoms with Crippen LogP contribution >= 0.6 is 0 Å². The number of carbonyl (C=O) groups excluding carboxylic acids is 1. The fraction of sp³-hybridized carbons (Fsp3) is 0.429. The number of rotatable bonds is 4. The van der Waals surface area contributed by atoms with Crippen molar-refractivity contribution in [3.8, 4) is 0 Å². The number of carboxylic acid groups (broad SMARTS) is 1. The lowest BCUT2D eigenvalue weighted by atomic mass is 9.86. The molecule has 2 N–H and O–H groups in total. The molecule has 5 nitrogen and oxygen atoms in total. The lowest BCUT2D eigenvalue weighted by Gasteiger charge is -2.27. The van der Waals surface area contributed by atoms with Gasteiger partial charge in [0.15, 0.2) is 0 Å². The van der Waals surface area contributed by atoms with Crippen LogP contribution in [-0.2, 0) is 20.9 Å². The number of aliphatic carboxylic acids is 1. The van der Waals surface area contributed by atoms with Crippen LogP contribution in [0.15, 0.2) is 30.3 Å². The van der Waals surface area contributed by atoms with E-state index in [0.717, 1.165) is 5.56 Å². The minimum Gasteiger partial charge on any atom is -0.481 e. The maximum absolute atomic E-state index is 12.0. The third-order valence-corrected chi connectivity index (χ3v) is 3.33. The SMILES string of the molecule is O=C(O)C1CNCCC1C(=O)OCc1ccccc1. The summed E-state index contributed by atoms with van der Waals surface area (Å²) < 4.78 is 5.22. The normalized spacial score (nSPS) is 22.7. The zero-order chi connectivity index (χ0) is 13.7. The molecular formula is C14H17NO4. The molecular weight excluding hydrogens is 246 g/mol. The van der Waals surface area contributed by atoms with E-state index < -0.39 is 23.8 Å². The number of hydrogen-bond donors (Lipinski definition) is 2. The van der Waals surface area contributed by atoms with Gasteiger partial charge in [-0.2, -0.15) is 0 Å². The largest absolute Gasteiger partial charge is 0.481 e. The Morgan fingerprint density at radius 2 is 2.00 bits per heavy atom. The van der Waals surface area contributed by atoms with Gasteiger partial charge < -0.3 is 15.2 Å². The van der Waals surface area contributed by atoms with Gasteiger partial charge in [-0.3, -0.25) is 9.59 Å². The molecule has 1 aliphatic rings. The molecule has 0 radical (unpaired) electrons. The fourth-order valence-corrected chi connectivity index (χ4v) is 2.24. The van der Waals surface area contributed by atoms with Gasteiger partial charge in [0.25, 0.3) is 0 Å². The van der Waals surface area contributed by atoms with Crippen molar-refractivity contribution in [2.75, 3.05) is 13.1 Å². The summed E-state index contributed by atoms with van der Waals surface area (Å²) in [5, 5.41) is 12.1. The third-order valence-electron chi connectivity index (χ3n) is 3.33. The molecule has 1 aromatic rings. The third kappa shape index (κ3) is 3.54. The Morgan fingerprint density at radius 1 is 1.26 bits per heavy atom. The Kier molecular flexibility index (Phi) is 4.52. The van der Waals surface area contributed by atoms with Crippen LogP contribution in [0.1, 0.15) is 12.0 Å². The topological polar surface area (TPSA) is 75.6 Å². The number of carbonyl (C=O) groups is 2. The van der Waals surface area contributed by atoms with Crippen molar-refractivity contribution in [1.29, 1.82) is 0 Å². The highest BCUT2D eigenvalue weighted by Gasteiger charge is 2.36. The molecule has 1 aromatic carbocycles. The van der Waals surface area contributed by atoms with E-state index in [-0.39, 0.29) is 6.61 Å². The molecule has 102 valence electrons. The second kappa shape index (κ2) is 6.33. The van der Waals surface area contributed by atoms with Crippen LogP contribution in [0, 0.1) is 11.8 Å². The van der Waals surface area contributed by atoms with Crippen LogP contribution in [-0.4, -0.2) is 30.1 Å². The molecule has 19 heavy (non-hydrogen) atoms. The van der Waals surface area contributed by atoms with E-state index in [0.29, 0.717) is 19.5 Å². The predicted octanol–water partition coefficient (Wildman–Crippen LogP) is 1.04. The van der Waals surface area contributed by atoms with Crippen LogP contribution in [0.3, 0.4) is 0 Å². The first-order chi connectivity index (χ1) is 9.18. The average molecular weight is 263 g/mol. The first kappa shape index (κ1) is 13.5. The summed E-state index contributed by atoms with van der Waals surface area (Å²) >= 11 is 0. The van der Waals surface area contributed by atoms with Crippen molar-refractivity contribution in [3.05, 3.63) is 35.9 Å². The van der Waals surface area contributed by atoms with Gasteiger partial charge in [-0.05, 0) is 18.5 Å². The quantitative estimate of drug-likeness (QED) is 0.794. The van der Waals surface area contributed by atoms with Crippen LogP contribution < -0.4 is 5.32 Å². The van der Waals surface area contributed by atoms with E-state index in [2.05, 4.69) is 5.32 Å². The van der Waals surface area contributed by atoms with Crippen LogP contribution in [0.2, 0.25) is 0 Å². The van der Waals surface area contributed by atoms with Crippen molar-refractivity contribution in [1.82, 2.24) is 5.32 Å². The van der Waals surface area contributed by atoms with Crippen molar-refractivity contribution < 1.29 is 19.4 Å². The van der Waals surface area contributed by atoms with E-state index in [9.17, 15) is 9.59 Å². The molecule has 0 aromatic heterocycles. The van der Waals surface area contributed by atoms with Crippen LogP contribution in [0.4, 0.5) is 0 Å². The zero-order valence-electron chi connectivity index (χ0n) is 10.5. The molecule has 0 bridgehead atoms. The molecule has 0 saturated carbocycles. The van der Waals surface area contributed by atoms with E-state index in [1.165, 1.54) is 0 Å². The van der Waals surface area contributed by atoms with E-state index in [4.69, 9.17) is 9.84 Å². The summed E-state index contributed by atoms with van der Waals surface area (Å²) in [6, 6.07) is 9.36. The van der Waals surface area contributed by atoms with Crippen LogP contribution in [0.5, 0.6) is 0 Å². The summed E-state index contributed by atoms with van der Waals surface area (Å²) in [6.07, 6.45) is 0.505. The Labute approximate surface area is 111 Å². The number of esters is 1. The first-order valence-corrected chi connectivity index (χ1v) is 6.32. The average Bonchev–Trinajstić information content (AvgIpc) is 2.46. The molecule has 1 fully saturated rings. The lowest BCUT2D eigenvalue weighted by Crippen LogP contribution is -2.44. The van der Waals surface area contributed by atoms with Gasteiger partial charge in [0.2, 0.25) is 0 Å². The number of ether oxygens (including phenoxy) is 1. The van der Waals surface area contributed by atoms with Gasteiger partial charge in [0, 0.05) is 6.54 Å². The predicted molar refractivity (Wildman–Crippen MR) is 68.3 cm³/mol. The summed E-state index contributed by atoms with van der Waals surface area (Å²) in [5.41, 5.74) is 0.900. The van der Waals surface area contributed by atoms with Gasteiger partial charge in [-0.1, -0.05) is 30.3 Å². The molecule has 2 unspecified atom stereocenters. The van der Waals surface area contributed by atoms with Crippen molar-refractivity contribution in [2.24, 2.45) is 11.8 Å². The molecule has 2 rings (SSSR count). The molecule has 0 aliphatic carbocycles. The van der Waals surface area contributed by atoms with Gasteiger partial charge in [-0.25, -0.2) is 0 Å². The Morgan fingerprint density at radius 3 is 2.68 bits per heavy atom. The second-order valence-electron chi connectivity index (χ2n) is 4.64. The summed E-state index contributed by atoms with van der Waals surface area (Å²) in [6.45, 7) is 1.16. The van der Waals surface area contributed by atoms with Crippen LogP contribution in [0.25, 0.3) is 0 Å². The van der Waals surface area contributed by atoms with Gasteiger partial charge in [-0.15, -0.1) is 0 Å². The smallest absolute Gasteiger partial charge is 0.310 e. The highest BCUT2D eigenvalue weighted by molar-refractivity contribution is 5.81. The molecule has 1 aliphatic heterocycles. The number of nitrogens with one attached hydrogen (secondary N) is 1. The minimum atomic E-state index is -0.950. The number of piperidine rings is 1. The highest BCUT2D eigenvalue weighted by Crippen LogP contribution is 2.21. The van der Waals surface area contributed by atoms with Crippen molar-refractivity contribution in [3.63, 3.8) is 0 Å². The summed E-state index contributed by atoms with van der Waals surface area (Å²) in [5.74, 6) is -2.62. The fourth-order valence-electron chi connectivity index (χ4n) is 2.24. The van der Waals surface area contributed by atoms with Gasteiger partial charge in [0.1, 0.15) is 6.61 Å². The molecule has 0 spiro atoms. The summed E-state index contributed by atoms with van der Waals surface area (Å²) in [4.78, 5) is 23.1. The maximum atomic E-state index is 12.0. The molecule has 0 amide bonds. The van der Waals surface area contributed by atoms with Gasteiger partial charge >= 0.3 is 11.9 Å². The Balaban J connectivity index is 1.93. The standard InChI is InChI=1S/C14H17NO4/c16-13(17)12-8-15-7-6-11(12)14(18)19-9-10-4-2-1-3-5-10/h1-5,11-12,15H,6-9H2,(H,16,17). The zero-order valence-corrected chi connectivity index (χ0v) is 10.5. The Hall–Kier alpha value is -1.88. The molecule has 1 heterocycles. The molecule has 1 saturated heterocycles. The van der Waals surface area contributed by atoms with E-state index >= 15 is 0 Å². The lowest BCUT2D eigenvalue weighted by molar-refractivity contribution is -0.160. The minimum absolute atomic E-state index is 0.190. The maximum Gasteiger partial charge on any atom is 0.310 e. The molecule has 5 heteroatoms. The molecule has 2 atom stereocenters. The highest BCUT2D eigenvalue weighted by atomic mass is 16.5. The first-order valence-electron chi connectivity index (χ1n) is 6.32. The monoisotopic (exact) mass is 263 g/mol.